The van der Waals surface area contributed by atoms with E-state index in [1.807, 2.05) is 7.05 Å². The van der Waals surface area contributed by atoms with Gasteiger partial charge in [-0.3, -0.25) is 4.79 Å². The quantitative estimate of drug-likeness (QED) is 0.837. The molecule has 17 heavy (non-hydrogen) atoms. The molecule has 1 heterocycles. The molecule has 0 unspecified atom stereocenters. The van der Waals surface area contributed by atoms with Crippen LogP contribution < -0.4 is 5.32 Å². The minimum Gasteiger partial charge on any atom is -0.508 e. The molecule has 94 valence electrons. The Morgan fingerprint density at radius 2 is 2.06 bits per heavy atom. The van der Waals surface area contributed by atoms with E-state index in [1.54, 1.807) is 17.0 Å². The maximum Gasteiger partial charge on any atom is 0.253 e. The summed E-state index contributed by atoms with van der Waals surface area (Å²) in [5.74, 6) is 0.190. The first-order valence-electron chi connectivity index (χ1n) is 5.45. The minimum atomic E-state index is 0. The van der Waals surface area contributed by atoms with Crippen LogP contribution in [0.4, 0.5) is 0 Å². The number of amides is 1. The molecule has 1 saturated heterocycles. The van der Waals surface area contributed by atoms with Gasteiger partial charge < -0.3 is 15.3 Å². The van der Waals surface area contributed by atoms with E-state index >= 15 is 0 Å². The first kappa shape index (κ1) is 13.8. The van der Waals surface area contributed by atoms with Crippen LogP contribution in [0.5, 0.6) is 5.75 Å². The lowest BCUT2D eigenvalue weighted by molar-refractivity contribution is 0.0744. The summed E-state index contributed by atoms with van der Waals surface area (Å²) < 4.78 is 0. The highest BCUT2D eigenvalue weighted by Crippen LogP contribution is 2.14. The summed E-state index contributed by atoms with van der Waals surface area (Å²) in [6, 6.07) is 6.65. The fourth-order valence-electron chi connectivity index (χ4n) is 1.94. The molecule has 1 aliphatic heterocycles. The summed E-state index contributed by atoms with van der Waals surface area (Å²) in [5.41, 5.74) is 0.618. The highest BCUT2D eigenvalue weighted by molar-refractivity contribution is 5.94. The van der Waals surface area contributed by atoms with Gasteiger partial charge in [0.25, 0.3) is 5.91 Å². The molecular formula is C12H17ClN2O2. The molecule has 1 aromatic rings. The number of likely N-dealkylation sites (N-methyl/N-ethyl adjacent to an activating group) is 1. The van der Waals surface area contributed by atoms with Gasteiger partial charge in [0, 0.05) is 25.2 Å². The van der Waals surface area contributed by atoms with Gasteiger partial charge in [0.1, 0.15) is 5.75 Å². The van der Waals surface area contributed by atoms with Crippen LogP contribution in [-0.2, 0) is 0 Å². The predicted octanol–water partition coefficient (Wildman–Crippen LogP) is 1.25. The molecule has 4 nitrogen and oxygen atoms in total. The smallest absolute Gasteiger partial charge is 0.253 e. The second-order valence-corrected chi connectivity index (χ2v) is 4.11. The normalized spacial score (nSPS) is 18.5. The number of carbonyl (C=O) groups is 1. The van der Waals surface area contributed by atoms with Crippen LogP contribution >= 0.6 is 12.4 Å². The van der Waals surface area contributed by atoms with E-state index in [0.29, 0.717) is 5.56 Å². The molecule has 0 spiro atoms. The Bertz CT molecular complexity index is 375. The average Bonchev–Trinajstić information content (AvgIpc) is 2.81. The van der Waals surface area contributed by atoms with E-state index in [2.05, 4.69) is 5.32 Å². The molecule has 1 atom stereocenters. The van der Waals surface area contributed by atoms with Gasteiger partial charge in [0.05, 0.1) is 0 Å². The number of phenols is 1. The van der Waals surface area contributed by atoms with E-state index in [0.717, 1.165) is 19.5 Å². The maximum absolute atomic E-state index is 12.1. The van der Waals surface area contributed by atoms with Gasteiger partial charge in [-0.1, -0.05) is 0 Å². The van der Waals surface area contributed by atoms with Crippen molar-refractivity contribution in [1.29, 1.82) is 0 Å². The third-order valence-corrected chi connectivity index (χ3v) is 3.02. The Hall–Kier alpha value is -1.26. The zero-order valence-corrected chi connectivity index (χ0v) is 10.5. The minimum absolute atomic E-state index is 0. The molecule has 2 N–H and O–H groups in total. The number of nitrogens with zero attached hydrogens (tertiary/aromatic N) is 1. The highest BCUT2D eigenvalue weighted by Gasteiger charge is 2.23. The van der Waals surface area contributed by atoms with Gasteiger partial charge in [-0.25, -0.2) is 0 Å². The van der Waals surface area contributed by atoms with Crippen LogP contribution in [-0.4, -0.2) is 42.1 Å². The number of hydrogen-bond donors (Lipinski definition) is 2. The molecule has 0 radical (unpaired) electrons. The molecule has 0 saturated carbocycles. The monoisotopic (exact) mass is 256 g/mol. The number of carbonyl (C=O) groups excluding carboxylic acids is 1. The van der Waals surface area contributed by atoms with Gasteiger partial charge >= 0.3 is 0 Å². The first-order valence-corrected chi connectivity index (χ1v) is 5.45. The molecule has 1 aromatic carbocycles. The fraction of sp³-hybridized carbons (Fsp3) is 0.417. The van der Waals surface area contributed by atoms with Crippen LogP contribution in [0, 0.1) is 0 Å². The number of phenolic OH excluding ortho intramolecular Hbond substituents is 1. The van der Waals surface area contributed by atoms with E-state index in [1.165, 1.54) is 12.1 Å². The summed E-state index contributed by atoms with van der Waals surface area (Å²) in [6.45, 7) is 1.83. The van der Waals surface area contributed by atoms with Crippen molar-refractivity contribution in [3.05, 3.63) is 29.8 Å². The Balaban J connectivity index is 0.00000144. The lowest BCUT2D eigenvalue weighted by Gasteiger charge is -2.23. The Kier molecular flexibility index (Phi) is 4.78. The maximum atomic E-state index is 12.1. The zero-order valence-electron chi connectivity index (χ0n) is 9.72. The lowest BCUT2D eigenvalue weighted by atomic mass is 10.1. The van der Waals surface area contributed by atoms with Gasteiger partial charge in [-0.05, 0) is 37.2 Å². The second kappa shape index (κ2) is 5.89. The molecule has 2 rings (SSSR count). The van der Waals surface area contributed by atoms with Gasteiger partial charge in [0.15, 0.2) is 0 Å². The summed E-state index contributed by atoms with van der Waals surface area (Å²) in [7, 11) is 1.83. The Morgan fingerprint density at radius 1 is 1.41 bits per heavy atom. The molecular weight excluding hydrogens is 240 g/mol. The summed E-state index contributed by atoms with van der Waals surface area (Å²) >= 11 is 0. The van der Waals surface area contributed by atoms with Crippen molar-refractivity contribution in [3.8, 4) is 5.75 Å². The lowest BCUT2D eigenvalue weighted by Crippen LogP contribution is -2.38. The molecule has 0 aromatic heterocycles. The van der Waals surface area contributed by atoms with E-state index in [4.69, 9.17) is 5.11 Å². The van der Waals surface area contributed by atoms with Gasteiger partial charge in [0.2, 0.25) is 0 Å². The standard InChI is InChI=1S/C12H16N2O2.ClH/c1-14(10-6-7-13-8-10)12(16)9-2-4-11(15)5-3-9;/h2-5,10,13,15H,6-8H2,1H3;1H/t10-;/m1./s1. The largest absolute Gasteiger partial charge is 0.508 e. The zero-order chi connectivity index (χ0) is 11.5. The number of rotatable bonds is 2. The van der Waals surface area contributed by atoms with Crippen molar-refractivity contribution >= 4 is 18.3 Å². The first-order chi connectivity index (χ1) is 7.68. The third-order valence-electron chi connectivity index (χ3n) is 3.02. The van der Waals surface area contributed by atoms with Crippen molar-refractivity contribution in [2.75, 3.05) is 20.1 Å². The summed E-state index contributed by atoms with van der Waals surface area (Å²) in [6.07, 6.45) is 1.00. The van der Waals surface area contributed by atoms with Crippen LogP contribution in [0.1, 0.15) is 16.8 Å². The number of hydrogen-bond acceptors (Lipinski definition) is 3. The molecule has 0 bridgehead atoms. The van der Waals surface area contributed by atoms with Crippen LogP contribution in [0.25, 0.3) is 0 Å². The number of halogens is 1. The van der Waals surface area contributed by atoms with Gasteiger partial charge in [-0.2, -0.15) is 0 Å². The van der Waals surface area contributed by atoms with Crippen molar-refractivity contribution in [2.24, 2.45) is 0 Å². The Morgan fingerprint density at radius 3 is 2.59 bits per heavy atom. The van der Waals surface area contributed by atoms with E-state index in [9.17, 15) is 4.79 Å². The van der Waals surface area contributed by atoms with E-state index < -0.39 is 0 Å². The highest BCUT2D eigenvalue weighted by atomic mass is 35.5. The van der Waals surface area contributed by atoms with Crippen molar-refractivity contribution in [3.63, 3.8) is 0 Å². The predicted molar refractivity (Wildman–Crippen MR) is 68.7 cm³/mol. The van der Waals surface area contributed by atoms with Crippen molar-refractivity contribution in [1.82, 2.24) is 10.2 Å². The number of benzene rings is 1. The molecule has 1 amide bonds. The fourth-order valence-corrected chi connectivity index (χ4v) is 1.94. The van der Waals surface area contributed by atoms with Crippen LogP contribution in [0.3, 0.4) is 0 Å². The topological polar surface area (TPSA) is 52.6 Å². The van der Waals surface area contributed by atoms with Crippen molar-refractivity contribution < 1.29 is 9.90 Å². The number of nitrogens with one attached hydrogen (secondary N) is 1. The van der Waals surface area contributed by atoms with Crippen molar-refractivity contribution in [2.45, 2.75) is 12.5 Å². The summed E-state index contributed by atoms with van der Waals surface area (Å²) in [5, 5.41) is 12.4. The molecule has 5 heteroatoms. The van der Waals surface area contributed by atoms with Crippen LogP contribution in [0.2, 0.25) is 0 Å². The molecule has 1 aliphatic rings. The van der Waals surface area contributed by atoms with E-state index in [-0.39, 0.29) is 30.1 Å². The molecule has 0 aliphatic carbocycles. The van der Waals surface area contributed by atoms with Crippen LogP contribution in [0.15, 0.2) is 24.3 Å². The average molecular weight is 257 g/mol. The SMILES string of the molecule is CN(C(=O)c1ccc(O)cc1)[C@@H]1CCNC1.Cl. The second-order valence-electron chi connectivity index (χ2n) is 4.11. The number of aromatic hydroxyl groups is 1. The third kappa shape index (κ3) is 3.11. The molecule has 1 fully saturated rings. The Labute approximate surface area is 107 Å². The van der Waals surface area contributed by atoms with Gasteiger partial charge in [-0.15, -0.1) is 12.4 Å². The summed E-state index contributed by atoms with van der Waals surface area (Å²) in [4.78, 5) is 13.8.